The second-order valence-electron chi connectivity index (χ2n) is 3.51. The first-order chi connectivity index (χ1) is 8.10. The molecule has 0 saturated heterocycles. The van der Waals surface area contributed by atoms with E-state index >= 15 is 0 Å². The van der Waals surface area contributed by atoms with Crippen molar-refractivity contribution in [2.45, 2.75) is 26.2 Å². The number of aliphatic hydroxyl groups excluding tert-OH is 1. The fourth-order valence-corrected chi connectivity index (χ4v) is 2.15. The first kappa shape index (κ1) is 13.8. The van der Waals surface area contributed by atoms with Crippen molar-refractivity contribution in [1.29, 1.82) is 5.26 Å². The van der Waals surface area contributed by atoms with Gasteiger partial charge in [0.25, 0.3) is 0 Å². The van der Waals surface area contributed by atoms with E-state index in [0.29, 0.717) is 16.3 Å². The van der Waals surface area contributed by atoms with Crippen LogP contribution in [0.1, 0.15) is 36.5 Å². The van der Waals surface area contributed by atoms with Gasteiger partial charge < -0.3 is 5.11 Å². The summed E-state index contributed by atoms with van der Waals surface area (Å²) < 4.78 is 0.485. The first-order valence-electron chi connectivity index (χ1n) is 5.21. The van der Waals surface area contributed by atoms with Crippen molar-refractivity contribution < 1.29 is 9.90 Å². The van der Waals surface area contributed by atoms with Gasteiger partial charge in [-0.3, -0.25) is 4.79 Å². The molecule has 1 aromatic heterocycles. The Morgan fingerprint density at radius 2 is 2.35 bits per heavy atom. The van der Waals surface area contributed by atoms with Crippen LogP contribution in [0.4, 0.5) is 0 Å². The fraction of sp³-hybridized carbons (Fsp3) is 0.333. The molecule has 0 aliphatic carbocycles. The Kier molecular flexibility index (Phi) is 5.20. The molecule has 0 bridgehead atoms. The molecule has 90 valence electrons. The second-order valence-corrected chi connectivity index (χ2v) is 5.05. The van der Waals surface area contributed by atoms with Crippen LogP contribution in [-0.4, -0.2) is 10.9 Å². The molecule has 0 atom stereocenters. The lowest BCUT2D eigenvalue weighted by atomic mass is 10.0. The third kappa shape index (κ3) is 3.58. The number of nitriles is 1. The minimum atomic E-state index is -0.468. The molecule has 3 nitrogen and oxygen atoms in total. The van der Waals surface area contributed by atoms with Gasteiger partial charge in [-0.15, -0.1) is 11.3 Å². The SMILES string of the molecule is CCCC/C(O)=C(\C#N)C(=O)c1csc(Cl)c1. The van der Waals surface area contributed by atoms with E-state index in [2.05, 4.69) is 0 Å². The number of thiophene rings is 1. The number of carbonyl (C=O) groups excluding carboxylic acids is 1. The summed E-state index contributed by atoms with van der Waals surface area (Å²) in [6.07, 6.45) is 1.99. The molecule has 0 radical (unpaired) electrons. The number of allylic oxidation sites excluding steroid dienone is 2. The van der Waals surface area contributed by atoms with Crippen LogP contribution in [0, 0.1) is 11.3 Å². The van der Waals surface area contributed by atoms with Gasteiger partial charge in [-0.1, -0.05) is 24.9 Å². The summed E-state index contributed by atoms with van der Waals surface area (Å²) >= 11 is 6.94. The van der Waals surface area contributed by atoms with Gasteiger partial charge in [0.1, 0.15) is 17.4 Å². The third-order valence-electron chi connectivity index (χ3n) is 2.22. The molecular formula is C12H12ClNO2S. The first-order valence-corrected chi connectivity index (χ1v) is 6.46. The Bertz CT molecular complexity index is 485. The van der Waals surface area contributed by atoms with Crippen LogP contribution < -0.4 is 0 Å². The Labute approximate surface area is 109 Å². The summed E-state index contributed by atoms with van der Waals surface area (Å²) in [5.74, 6) is -0.606. The molecule has 0 spiro atoms. The lowest BCUT2D eigenvalue weighted by Crippen LogP contribution is -2.04. The van der Waals surface area contributed by atoms with Crippen molar-refractivity contribution >= 4 is 28.7 Å². The third-order valence-corrected chi connectivity index (χ3v) is 3.32. The number of hydrogen-bond donors (Lipinski definition) is 1. The fourth-order valence-electron chi connectivity index (χ4n) is 1.29. The average Bonchev–Trinajstić information content (AvgIpc) is 2.74. The summed E-state index contributed by atoms with van der Waals surface area (Å²) in [6, 6.07) is 3.26. The number of aliphatic hydroxyl groups is 1. The van der Waals surface area contributed by atoms with Gasteiger partial charge in [-0.05, 0) is 12.5 Å². The highest BCUT2D eigenvalue weighted by Crippen LogP contribution is 2.23. The quantitative estimate of drug-likeness (QED) is 0.379. The van der Waals surface area contributed by atoms with E-state index in [1.54, 1.807) is 11.4 Å². The lowest BCUT2D eigenvalue weighted by Gasteiger charge is -2.01. The van der Waals surface area contributed by atoms with Crippen LogP contribution in [-0.2, 0) is 0 Å². The average molecular weight is 270 g/mol. The molecule has 0 unspecified atom stereocenters. The molecule has 0 saturated carbocycles. The molecule has 0 aliphatic heterocycles. The van der Waals surface area contributed by atoms with Crippen LogP contribution >= 0.6 is 22.9 Å². The zero-order valence-corrected chi connectivity index (χ0v) is 10.9. The zero-order valence-electron chi connectivity index (χ0n) is 9.36. The van der Waals surface area contributed by atoms with Gasteiger partial charge in [0.2, 0.25) is 5.78 Å². The van der Waals surface area contributed by atoms with E-state index in [1.165, 1.54) is 17.4 Å². The van der Waals surface area contributed by atoms with Gasteiger partial charge in [-0.2, -0.15) is 5.26 Å². The molecule has 1 N–H and O–H groups in total. The van der Waals surface area contributed by atoms with Gasteiger partial charge in [0.15, 0.2) is 0 Å². The number of hydrogen-bond acceptors (Lipinski definition) is 4. The zero-order chi connectivity index (χ0) is 12.8. The van der Waals surface area contributed by atoms with Crippen LogP contribution in [0.3, 0.4) is 0 Å². The minimum absolute atomic E-state index is 0.137. The number of halogens is 1. The smallest absolute Gasteiger partial charge is 0.207 e. The molecule has 1 heterocycles. The van der Waals surface area contributed by atoms with Crippen LogP contribution in [0.5, 0.6) is 0 Å². The highest BCUT2D eigenvalue weighted by Gasteiger charge is 2.18. The molecule has 0 amide bonds. The van der Waals surface area contributed by atoms with E-state index in [-0.39, 0.29) is 11.3 Å². The molecule has 17 heavy (non-hydrogen) atoms. The van der Waals surface area contributed by atoms with Gasteiger partial charge in [-0.25, -0.2) is 0 Å². The largest absolute Gasteiger partial charge is 0.511 e. The van der Waals surface area contributed by atoms with Crippen LogP contribution in [0.15, 0.2) is 22.8 Å². The summed E-state index contributed by atoms with van der Waals surface area (Å²) in [5.41, 5.74) is 0.160. The Hall–Kier alpha value is -1.31. The normalized spacial score (nSPS) is 11.8. The summed E-state index contributed by atoms with van der Waals surface area (Å²) in [7, 11) is 0. The van der Waals surface area contributed by atoms with Crippen molar-refractivity contribution in [3.63, 3.8) is 0 Å². The number of nitrogens with zero attached hydrogens (tertiary/aromatic N) is 1. The maximum atomic E-state index is 11.9. The van der Waals surface area contributed by atoms with Crippen molar-refractivity contribution in [3.05, 3.63) is 32.7 Å². The van der Waals surface area contributed by atoms with Crippen LogP contribution in [0.2, 0.25) is 4.34 Å². The van der Waals surface area contributed by atoms with Crippen molar-refractivity contribution in [1.82, 2.24) is 0 Å². The summed E-state index contributed by atoms with van der Waals surface area (Å²) in [4.78, 5) is 11.9. The monoisotopic (exact) mass is 269 g/mol. The maximum Gasteiger partial charge on any atom is 0.207 e. The molecular weight excluding hydrogens is 258 g/mol. The van der Waals surface area contributed by atoms with E-state index in [1.807, 2.05) is 6.92 Å². The van der Waals surface area contributed by atoms with Gasteiger partial charge in [0, 0.05) is 17.4 Å². The highest BCUT2D eigenvalue weighted by molar-refractivity contribution is 7.14. The predicted molar refractivity (Wildman–Crippen MR) is 68.5 cm³/mol. The Morgan fingerprint density at radius 3 is 2.82 bits per heavy atom. The number of rotatable bonds is 5. The van der Waals surface area contributed by atoms with Gasteiger partial charge in [0.05, 0.1) is 4.34 Å². The van der Waals surface area contributed by atoms with E-state index < -0.39 is 5.78 Å². The Morgan fingerprint density at radius 1 is 1.65 bits per heavy atom. The molecule has 1 aromatic rings. The summed E-state index contributed by atoms with van der Waals surface area (Å²) in [5, 5.41) is 20.2. The molecule has 0 aromatic carbocycles. The summed E-state index contributed by atoms with van der Waals surface area (Å²) in [6.45, 7) is 1.97. The van der Waals surface area contributed by atoms with E-state index in [0.717, 1.165) is 12.8 Å². The van der Waals surface area contributed by atoms with Gasteiger partial charge >= 0.3 is 0 Å². The lowest BCUT2D eigenvalue weighted by molar-refractivity contribution is 0.103. The topological polar surface area (TPSA) is 61.1 Å². The molecule has 1 rings (SSSR count). The number of carbonyl (C=O) groups is 1. The van der Waals surface area contributed by atoms with Crippen molar-refractivity contribution in [2.24, 2.45) is 0 Å². The minimum Gasteiger partial charge on any atom is -0.511 e. The number of Topliss-reactive ketones (excluding diaryl/α,β-unsaturated/α-hetero) is 1. The second kappa shape index (κ2) is 6.43. The molecule has 0 fully saturated rings. The van der Waals surface area contributed by atoms with Crippen molar-refractivity contribution in [2.75, 3.05) is 0 Å². The Balaban J connectivity index is 2.95. The van der Waals surface area contributed by atoms with Crippen molar-refractivity contribution in [3.8, 4) is 6.07 Å². The van der Waals surface area contributed by atoms with E-state index in [9.17, 15) is 9.90 Å². The van der Waals surface area contributed by atoms with E-state index in [4.69, 9.17) is 16.9 Å². The number of unbranched alkanes of at least 4 members (excludes halogenated alkanes) is 1. The predicted octanol–water partition coefficient (Wildman–Crippen LogP) is 4.11. The molecule has 0 aliphatic rings. The van der Waals surface area contributed by atoms with Crippen LogP contribution in [0.25, 0.3) is 0 Å². The number of ketones is 1. The maximum absolute atomic E-state index is 11.9. The molecule has 5 heteroatoms. The highest BCUT2D eigenvalue weighted by atomic mass is 35.5. The standard InChI is InChI=1S/C12H12ClNO2S/c1-2-3-4-10(15)9(6-14)12(16)8-5-11(13)17-7-8/h5,7,15H,2-4H2,1H3/b10-9-.